The molecular formula is C48H60Cl4N2O4Si2. The van der Waals surface area contributed by atoms with Crippen LogP contribution in [0.5, 0.6) is 0 Å². The van der Waals surface area contributed by atoms with Crippen LogP contribution in [0.15, 0.2) is 97.6 Å². The van der Waals surface area contributed by atoms with E-state index in [0.717, 1.165) is 87.5 Å². The van der Waals surface area contributed by atoms with Gasteiger partial charge in [-0.15, -0.1) is 46.4 Å². The number of aryl methyl sites for hydroxylation is 12. The first-order valence-corrected chi connectivity index (χ1v) is 25.3. The number of benzene rings is 4. The van der Waals surface area contributed by atoms with Crippen LogP contribution >= 0.6 is 46.4 Å². The van der Waals surface area contributed by atoms with Crippen molar-refractivity contribution in [3.8, 4) is 11.1 Å². The Hall–Kier alpha value is -3.39. The molecule has 0 unspecified atom stereocenters. The van der Waals surface area contributed by atoms with Gasteiger partial charge in [-0.25, -0.2) is 0 Å². The molecule has 0 aliphatic rings. The van der Waals surface area contributed by atoms with Gasteiger partial charge in [-0.3, -0.25) is 9.97 Å². The van der Waals surface area contributed by atoms with E-state index in [1.54, 1.807) is 24.8 Å². The highest BCUT2D eigenvalue weighted by molar-refractivity contribution is 6.92. The molecule has 6 rings (SSSR count). The van der Waals surface area contributed by atoms with Gasteiger partial charge in [-0.05, 0) is 163 Å². The van der Waals surface area contributed by atoms with Crippen molar-refractivity contribution in [1.29, 1.82) is 0 Å². The number of alkyl halides is 4. The Morgan fingerprint density at radius 1 is 0.350 bits per heavy atom. The molecule has 6 aromatic rings. The van der Waals surface area contributed by atoms with E-state index in [-0.39, 0.29) is 10.7 Å². The number of nitrogens with zero attached hydrogens (tertiary/aromatic N) is 2. The van der Waals surface area contributed by atoms with Gasteiger partial charge >= 0.3 is 17.1 Å². The molecule has 0 radical (unpaired) electrons. The highest BCUT2D eigenvalue weighted by Gasteiger charge is 2.41. The van der Waals surface area contributed by atoms with Gasteiger partial charge in [0.05, 0.1) is 10.7 Å². The lowest BCUT2D eigenvalue weighted by atomic mass is 10.1. The molecule has 0 fully saturated rings. The summed E-state index contributed by atoms with van der Waals surface area (Å²) in [6.07, 6.45) is 7.15. The van der Waals surface area contributed by atoms with Crippen molar-refractivity contribution in [2.75, 3.05) is 10.7 Å². The van der Waals surface area contributed by atoms with Crippen LogP contribution in [0.1, 0.15) is 66.8 Å². The number of halogens is 4. The lowest BCUT2D eigenvalue weighted by Gasteiger charge is -2.26. The average Bonchev–Trinajstić information content (AvgIpc) is 3.11. The first kappa shape index (κ1) is 52.8. The summed E-state index contributed by atoms with van der Waals surface area (Å²) in [4.78, 5) is 52.1. The Labute approximate surface area is 380 Å². The second-order valence-corrected chi connectivity index (χ2v) is 21.4. The lowest BCUT2D eigenvalue weighted by molar-refractivity contribution is 0.399. The van der Waals surface area contributed by atoms with E-state index in [9.17, 15) is 19.2 Å². The molecular weight excluding hydrogens is 867 g/mol. The van der Waals surface area contributed by atoms with Gasteiger partial charge in [-0.2, -0.15) is 0 Å². The van der Waals surface area contributed by atoms with Crippen LogP contribution in [0.4, 0.5) is 0 Å². The highest BCUT2D eigenvalue weighted by Crippen LogP contribution is 2.18. The largest absolute Gasteiger partial charge is 0.404 e. The molecule has 0 atom stereocenters. The summed E-state index contributed by atoms with van der Waals surface area (Å²) in [5.41, 5.74) is 14.6. The summed E-state index contributed by atoms with van der Waals surface area (Å²) < 4.78 is 0. The molecule has 0 saturated carbocycles. The van der Waals surface area contributed by atoms with Crippen molar-refractivity contribution in [3.63, 3.8) is 0 Å². The van der Waals surface area contributed by atoms with Crippen molar-refractivity contribution < 1.29 is 19.2 Å². The van der Waals surface area contributed by atoms with Crippen LogP contribution in [0, 0.1) is 83.1 Å². The minimum Gasteiger partial charge on any atom is -0.404 e. The summed E-state index contributed by atoms with van der Waals surface area (Å²) in [7, 11) is -7.36. The summed E-state index contributed by atoms with van der Waals surface area (Å²) >= 11 is 19.1. The molecule has 0 aliphatic carbocycles. The van der Waals surface area contributed by atoms with Gasteiger partial charge in [0.15, 0.2) is 0 Å². The smallest absolute Gasteiger partial charge is 0.402 e. The first-order chi connectivity index (χ1) is 28.1. The summed E-state index contributed by atoms with van der Waals surface area (Å²) in [5.74, 6) is 0. The quantitative estimate of drug-likeness (QED) is 0.102. The second-order valence-electron chi connectivity index (χ2n) is 15.1. The van der Waals surface area contributed by atoms with Crippen LogP contribution in [-0.4, -0.2) is 57.0 Å². The molecule has 0 amide bonds. The summed E-state index contributed by atoms with van der Waals surface area (Å²) in [6.45, 7) is 23.8. The number of hydrogen-bond acceptors (Lipinski definition) is 6. The maximum atomic E-state index is 11.1. The molecule has 0 saturated heterocycles. The van der Waals surface area contributed by atoms with Gasteiger partial charge in [0, 0.05) is 45.5 Å². The van der Waals surface area contributed by atoms with Crippen LogP contribution < -0.4 is 20.7 Å². The van der Waals surface area contributed by atoms with Gasteiger partial charge in [-0.1, -0.05) is 70.8 Å². The fourth-order valence-electron chi connectivity index (χ4n) is 8.26. The van der Waals surface area contributed by atoms with E-state index >= 15 is 0 Å². The second kappa shape index (κ2) is 24.3. The van der Waals surface area contributed by atoms with E-state index in [1.807, 2.05) is 156 Å². The Morgan fingerprint density at radius 3 is 0.650 bits per heavy atom. The van der Waals surface area contributed by atoms with Crippen molar-refractivity contribution in [3.05, 3.63) is 164 Å². The SMILES string of the molecule is Cc1cc(C)c([Si](O)(O)c2c(C)cc(C)cc2C)c(C)c1.Cc1cc(C)c([Si](O)(O)c2c(C)cc(C)cc2C)c(C)c1.ClCCl.ClCCl.c1cc(-c2ccncc2)ccn1. The minimum atomic E-state index is -3.68. The van der Waals surface area contributed by atoms with E-state index in [1.165, 1.54) is 11.1 Å². The zero-order chi connectivity index (χ0) is 45.5. The molecule has 322 valence electrons. The van der Waals surface area contributed by atoms with Gasteiger partial charge in [0.25, 0.3) is 0 Å². The fourth-order valence-corrected chi connectivity index (χ4v) is 13.7. The maximum absolute atomic E-state index is 11.1. The minimum absolute atomic E-state index is 0.194. The Kier molecular flexibility index (Phi) is 21.4. The van der Waals surface area contributed by atoms with Gasteiger partial charge in [0.1, 0.15) is 0 Å². The summed E-state index contributed by atoms with van der Waals surface area (Å²) in [5, 5.41) is 3.29. The molecule has 60 heavy (non-hydrogen) atoms. The molecule has 0 spiro atoms. The Balaban J connectivity index is 0.000000299. The third-order valence-electron chi connectivity index (χ3n) is 9.80. The number of aromatic nitrogens is 2. The number of pyridine rings is 2. The maximum Gasteiger partial charge on any atom is 0.402 e. The lowest BCUT2D eigenvalue weighted by Crippen LogP contribution is -2.62. The number of rotatable bonds is 5. The summed E-state index contributed by atoms with van der Waals surface area (Å²) in [6, 6.07) is 24.1. The third kappa shape index (κ3) is 14.3. The van der Waals surface area contributed by atoms with Crippen molar-refractivity contribution in [2.24, 2.45) is 0 Å². The van der Waals surface area contributed by atoms with Gasteiger partial charge in [0.2, 0.25) is 0 Å². The average molecular weight is 927 g/mol. The Morgan fingerprint density at radius 2 is 0.500 bits per heavy atom. The predicted molar refractivity (Wildman–Crippen MR) is 262 cm³/mol. The molecule has 4 aromatic carbocycles. The van der Waals surface area contributed by atoms with Crippen molar-refractivity contribution >= 4 is 84.3 Å². The van der Waals surface area contributed by atoms with Crippen LogP contribution in [0.2, 0.25) is 0 Å². The molecule has 4 N–H and O–H groups in total. The van der Waals surface area contributed by atoms with Crippen molar-refractivity contribution in [1.82, 2.24) is 9.97 Å². The first-order valence-electron chi connectivity index (χ1n) is 19.4. The van der Waals surface area contributed by atoms with E-state index in [4.69, 9.17) is 46.4 Å². The monoisotopic (exact) mass is 924 g/mol. The highest BCUT2D eigenvalue weighted by atomic mass is 35.5. The molecule has 0 aliphatic heterocycles. The fraction of sp³-hybridized carbons (Fsp3) is 0.292. The molecule has 0 bridgehead atoms. The molecule has 2 aromatic heterocycles. The van der Waals surface area contributed by atoms with Crippen LogP contribution in [0.25, 0.3) is 11.1 Å². The molecule has 6 nitrogen and oxygen atoms in total. The topological polar surface area (TPSA) is 107 Å². The van der Waals surface area contributed by atoms with Crippen molar-refractivity contribution in [2.45, 2.75) is 83.1 Å². The van der Waals surface area contributed by atoms with Gasteiger partial charge < -0.3 is 19.2 Å². The van der Waals surface area contributed by atoms with E-state index < -0.39 is 17.1 Å². The normalized spacial score (nSPS) is 10.8. The molecule has 2 heterocycles. The van der Waals surface area contributed by atoms with Crippen LogP contribution in [0.3, 0.4) is 0 Å². The van der Waals surface area contributed by atoms with Crippen LogP contribution in [-0.2, 0) is 0 Å². The Bertz CT molecular complexity index is 1930. The third-order valence-corrected chi connectivity index (χ3v) is 15.7. The van der Waals surface area contributed by atoms with E-state index in [2.05, 4.69) is 9.97 Å². The zero-order valence-corrected chi connectivity index (χ0v) is 41.9. The predicted octanol–water partition coefficient (Wildman–Crippen LogP) is 9.14. The zero-order valence-electron chi connectivity index (χ0n) is 36.8. The standard InChI is InChI=1S/2C18H24O2Si.C10H8N2.2CH2Cl2/c2*1-11-7-13(3)17(14(4)8-11)21(19,20)18-15(5)9-12(2)10-16(18)6;1-5-11-6-2-9(1)10-3-7-12-8-4-10;2*2-1-3/h2*7-10,19-20H,1-6H3;1-8H;2*1H2. The number of hydrogen-bond donors (Lipinski definition) is 4. The van der Waals surface area contributed by atoms with E-state index in [0.29, 0.717) is 0 Å². The molecule has 12 heteroatoms.